The standard InChI is InChI=1S/C14H19N/c1-2-4-11(5-3-1)13-8-9-15-14(10-13)12-6-7-12/h1-5,12-15H,6-10H2/t13-,14+/m1/s1. The molecular formula is C14H19N. The van der Waals surface area contributed by atoms with Crippen LogP contribution in [0.1, 0.15) is 37.2 Å². The summed E-state index contributed by atoms with van der Waals surface area (Å²) in [5.41, 5.74) is 1.55. The smallest absolute Gasteiger partial charge is 0.0101 e. The van der Waals surface area contributed by atoms with Crippen molar-refractivity contribution in [3.8, 4) is 0 Å². The third kappa shape index (κ3) is 2.07. The molecule has 1 saturated heterocycles. The van der Waals surface area contributed by atoms with Crippen LogP contribution >= 0.6 is 0 Å². The molecule has 2 aliphatic rings. The van der Waals surface area contributed by atoms with E-state index in [0.29, 0.717) is 0 Å². The Hall–Kier alpha value is -0.820. The maximum absolute atomic E-state index is 3.68. The summed E-state index contributed by atoms with van der Waals surface area (Å²) in [7, 11) is 0. The molecule has 1 aliphatic heterocycles. The quantitative estimate of drug-likeness (QED) is 0.775. The zero-order valence-corrected chi connectivity index (χ0v) is 9.15. The molecule has 0 radical (unpaired) electrons. The van der Waals surface area contributed by atoms with Crippen molar-refractivity contribution in [2.75, 3.05) is 6.54 Å². The minimum absolute atomic E-state index is 0.804. The topological polar surface area (TPSA) is 12.0 Å². The molecule has 1 nitrogen and oxygen atoms in total. The molecule has 15 heavy (non-hydrogen) atoms. The van der Waals surface area contributed by atoms with Crippen LogP contribution in [0.4, 0.5) is 0 Å². The van der Waals surface area contributed by atoms with Gasteiger partial charge < -0.3 is 5.32 Å². The predicted molar refractivity (Wildman–Crippen MR) is 62.9 cm³/mol. The van der Waals surface area contributed by atoms with Gasteiger partial charge in [-0.25, -0.2) is 0 Å². The molecule has 0 aromatic heterocycles. The van der Waals surface area contributed by atoms with Crippen molar-refractivity contribution in [3.63, 3.8) is 0 Å². The third-order valence-electron chi connectivity index (χ3n) is 3.90. The van der Waals surface area contributed by atoms with Gasteiger partial charge in [0.1, 0.15) is 0 Å². The molecule has 80 valence electrons. The molecule has 0 unspecified atom stereocenters. The molecule has 2 atom stereocenters. The van der Waals surface area contributed by atoms with Crippen molar-refractivity contribution < 1.29 is 0 Å². The molecule has 1 aromatic carbocycles. The summed E-state index contributed by atoms with van der Waals surface area (Å²) in [6, 6.07) is 11.8. The molecular weight excluding hydrogens is 182 g/mol. The molecule has 0 spiro atoms. The predicted octanol–water partition coefficient (Wildman–Crippen LogP) is 2.93. The second-order valence-corrected chi connectivity index (χ2v) is 5.03. The lowest BCUT2D eigenvalue weighted by Gasteiger charge is -2.30. The molecule has 1 heterocycles. The van der Waals surface area contributed by atoms with Crippen LogP contribution in [0.2, 0.25) is 0 Å². The average Bonchev–Trinajstić information content (AvgIpc) is 3.14. The molecule has 1 aliphatic carbocycles. The lowest BCUT2D eigenvalue weighted by atomic mass is 9.85. The Balaban J connectivity index is 1.70. The first-order chi connectivity index (χ1) is 7.43. The molecule has 1 aromatic rings. The van der Waals surface area contributed by atoms with Crippen molar-refractivity contribution in [3.05, 3.63) is 35.9 Å². The lowest BCUT2D eigenvalue weighted by Crippen LogP contribution is -2.38. The summed E-state index contributed by atoms with van der Waals surface area (Å²) in [4.78, 5) is 0. The van der Waals surface area contributed by atoms with Crippen molar-refractivity contribution in [1.29, 1.82) is 0 Å². The average molecular weight is 201 g/mol. The Bertz CT molecular complexity index is 315. The largest absolute Gasteiger partial charge is 0.314 e. The van der Waals surface area contributed by atoms with E-state index >= 15 is 0 Å². The summed E-state index contributed by atoms with van der Waals surface area (Å²) in [6.07, 6.45) is 5.58. The van der Waals surface area contributed by atoms with E-state index in [1.807, 2.05) is 0 Å². The van der Waals surface area contributed by atoms with Crippen molar-refractivity contribution in [1.82, 2.24) is 5.32 Å². The van der Waals surface area contributed by atoms with Crippen molar-refractivity contribution >= 4 is 0 Å². The molecule has 1 saturated carbocycles. The van der Waals surface area contributed by atoms with Crippen LogP contribution < -0.4 is 5.32 Å². The fraction of sp³-hybridized carbons (Fsp3) is 0.571. The maximum atomic E-state index is 3.68. The third-order valence-corrected chi connectivity index (χ3v) is 3.90. The van der Waals surface area contributed by atoms with Gasteiger partial charge in [-0.2, -0.15) is 0 Å². The molecule has 0 bridgehead atoms. The summed E-state index contributed by atoms with van der Waals surface area (Å²) in [6.45, 7) is 1.21. The summed E-state index contributed by atoms with van der Waals surface area (Å²) in [5.74, 6) is 1.80. The zero-order chi connectivity index (χ0) is 10.1. The highest BCUT2D eigenvalue weighted by Gasteiger charge is 2.34. The van der Waals surface area contributed by atoms with Gasteiger partial charge in [0.15, 0.2) is 0 Å². The highest BCUT2D eigenvalue weighted by Crippen LogP contribution is 2.39. The van der Waals surface area contributed by atoms with E-state index in [2.05, 4.69) is 35.6 Å². The number of piperidine rings is 1. The van der Waals surface area contributed by atoms with Crippen molar-refractivity contribution in [2.45, 2.75) is 37.6 Å². The highest BCUT2D eigenvalue weighted by molar-refractivity contribution is 5.20. The van der Waals surface area contributed by atoms with Crippen LogP contribution in [0.3, 0.4) is 0 Å². The van der Waals surface area contributed by atoms with Crippen LogP contribution in [-0.2, 0) is 0 Å². The summed E-state index contributed by atoms with van der Waals surface area (Å²) in [5, 5.41) is 3.68. The van der Waals surface area contributed by atoms with E-state index in [9.17, 15) is 0 Å². The second-order valence-electron chi connectivity index (χ2n) is 5.03. The first kappa shape index (κ1) is 9.41. The van der Waals surface area contributed by atoms with E-state index in [-0.39, 0.29) is 0 Å². The van der Waals surface area contributed by atoms with E-state index in [4.69, 9.17) is 0 Å². The second kappa shape index (κ2) is 3.97. The van der Waals surface area contributed by atoms with Crippen molar-refractivity contribution in [2.24, 2.45) is 5.92 Å². The minimum Gasteiger partial charge on any atom is -0.314 e. The number of nitrogens with one attached hydrogen (secondary N) is 1. The fourth-order valence-corrected chi connectivity index (χ4v) is 2.84. The van der Waals surface area contributed by atoms with Gasteiger partial charge in [-0.1, -0.05) is 30.3 Å². The Morgan fingerprint density at radius 1 is 1.00 bits per heavy atom. The Morgan fingerprint density at radius 3 is 2.53 bits per heavy atom. The van der Waals surface area contributed by atoms with Crippen LogP contribution in [0, 0.1) is 5.92 Å². The number of rotatable bonds is 2. The first-order valence-corrected chi connectivity index (χ1v) is 6.22. The number of benzene rings is 1. The van der Waals surface area contributed by atoms with E-state index in [1.54, 1.807) is 5.56 Å². The Morgan fingerprint density at radius 2 is 1.80 bits per heavy atom. The normalized spacial score (nSPS) is 31.5. The lowest BCUT2D eigenvalue weighted by molar-refractivity contribution is 0.334. The molecule has 1 N–H and O–H groups in total. The summed E-state index contributed by atoms with van der Waals surface area (Å²) >= 11 is 0. The Kier molecular flexibility index (Phi) is 2.49. The highest BCUT2D eigenvalue weighted by atomic mass is 14.9. The van der Waals surface area contributed by atoms with Crippen LogP contribution in [0.25, 0.3) is 0 Å². The summed E-state index contributed by atoms with van der Waals surface area (Å²) < 4.78 is 0. The van der Waals surface area contributed by atoms with Gasteiger partial charge in [0.25, 0.3) is 0 Å². The Labute approximate surface area is 91.9 Å². The van der Waals surface area contributed by atoms with Crippen LogP contribution in [-0.4, -0.2) is 12.6 Å². The SMILES string of the molecule is c1ccc([C@@H]2CCN[C@H](C3CC3)C2)cc1. The van der Waals surface area contributed by atoms with E-state index in [1.165, 1.54) is 32.2 Å². The van der Waals surface area contributed by atoms with E-state index < -0.39 is 0 Å². The van der Waals surface area contributed by atoms with Gasteiger partial charge >= 0.3 is 0 Å². The fourth-order valence-electron chi connectivity index (χ4n) is 2.84. The molecule has 2 fully saturated rings. The molecule has 3 rings (SSSR count). The van der Waals surface area contributed by atoms with Gasteiger partial charge in [0.05, 0.1) is 0 Å². The van der Waals surface area contributed by atoms with E-state index in [0.717, 1.165) is 17.9 Å². The number of hydrogen-bond acceptors (Lipinski definition) is 1. The first-order valence-electron chi connectivity index (χ1n) is 6.22. The molecule has 1 heteroatoms. The molecule has 0 amide bonds. The number of hydrogen-bond donors (Lipinski definition) is 1. The zero-order valence-electron chi connectivity index (χ0n) is 9.15. The van der Waals surface area contributed by atoms with Gasteiger partial charge in [-0.05, 0) is 49.6 Å². The monoisotopic (exact) mass is 201 g/mol. The van der Waals surface area contributed by atoms with Gasteiger partial charge in [0, 0.05) is 6.04 Å². The maximum Gasteiger partial charge on any atom is 0.0101 e. The van der Waals surface area contributed by atoms with Gasteiger partial charge in [-0.15, -0.1) is 0 Å². The van der Waals surface area contributed by atoms with Gasteiger partial charge in [0.2, 0.25) is 0 Å². The van der Waals surface area contributed by atoms with Crippen LogP contribution in [0.5, 0.6) is 0 Å². The minimum atomic E-state index is 0.804. The van der Waals surface area contributed by atoms with Gasteiger partial charge in [-0.3, -0.25) is 0 Å². The van der Waals surface area contributed by atoms with Crippen LogP contribution in [0.15, 0.2) is 30.3 Å².